The monoisotopic (exact) mass is 293 g/mol. The number of nitrogens with zero attached hydrogens (tertiary/aromatic N) is 1. The van der Waals surface area contributed by atoms with Crippen molar-refractivity contribution in [1.82, 2.24) is 4.31 Å². The van der Waals surface area contributed by atoms with Gasteiger partial charge in [0.05, 0.1) is 11.5 Å². The van der Waals surface area contributed by atoms with E-state index in [0.29, 0.717) is 11.3 Å². The van der Waals surface area contributed by atoms with Gasteiger partial charge in [-0.1, -0.05) is 11.8 Å². The topological polar surface area (TPSA) is 57.6 Å². The number of aliphatic hydroxyl groups is 1. The van der Waals surface area contributed by atoms with Crippen LogP contribution in [0.15, 0.2) is 23.1 Å². The van der Waals surface area contributed by atoms with Gasteiger partial charge in [0.25, 0.3) is 0 Å². The van der Waals surface area contributed by atoms with E-state index in [-0.39, 0.29) is 12.6 Å². The van der Waals surface area contributed by atoms with Crippen molar-refractivity contribution < 1.29 is 13.5 Å². The maximum atomic E-state index is 12.4. The summed E-state index contributed by atoms with van der Waals surface area (Å²) < 4.78 is 26.2. The number of aryl methyl sites for hydroxylation is 1. The van der Waals surface area contributed by atoms with Gasteiger partial charge in [-0.2, -0.15) is 4.31 Å². The summed E-state index contributed by atoms with van der Waals surface area (Å²) in [4.78, 5) is 0.317. The van der Waals surface area contributed by atoms with E-state index < -0.39 is 10.0 Å². The molecule has 0 unspecified atom stereocenters. The summed E-state index contributed by atoms with van der Waals surface area (Å²) in [7, 11) is -1.76. The van der Waals surface area contributed by atoms with E-state index in [9.17, 15) is 8.42 Å². The molecule has 1 aliphatic rings. The fourth-order valence-corrected chi connectivity index (χ4v) is 3.45. The molecule has 4 nitrogen and oxygen atoms in total. The molecule has 0 bridgehead atoms. The maximum Gasteiger partial charge on any atom is 0.243 e. The van der Waals surface area contributed by atoms with Crippen LogP contribution in [-0.4, -0.2) is 37.5 Å². The van der Waals surface area contributed by atoms with Gasteiger partial charge in [-0.05, 0) is 43.5 Å². The molecule has 2 rings (SSSR count). The standard InChI is InChI=1S/C15H19NO3S/c1-12-11-15(9-6-13(12)5-3-4-10-17)20(18,19)16(2)14-7-8-14/h6,9,11,14,17H,4,7-8,10H2,1-2H3. The molecular weight excluding hydrogens is 274 g/mol. The van der Waals surface area contributed by atoms with Crippen LogP contribution in [-0.2, 0) is 10.0 Å². The molecule has 0 aliphatic heterocycles. The lowest BCUT2D eigenvalue weighted by atomic mass is 10.1. The Balaban J connectivity index is 2.27. The average molecular weight is 293 g/mol. The Kier molecular flexibility index (Phi) is 4.48. The van der Waals surface area contributed by atoms with Gasteiger partial charge in [0.2, 0.25) is 10.0 Å². The van der Waals surface area contributed by atoms with Crippen LogP contribution in [0.25, 0.3) is 0 Å². The molecule has 1 aromatic rings. The van der Waals surface area contributed by atoms with E-state index in [2.05, 4.69) is 11.8 Å². The number of rotatable bonds is 4. The van der Waals surface area contributed by atoms with Gasteiger partial charge in [-0.25, -0.2) is 8.42 Å². The van der Waals surface area contributed by atoms with E-state index in [1.807, 2.05) is 6.92 Å². The fourth-order valence-electron chi connectivity index (χ4n) is 1.95. The Morgan fingerprint density at radius 1 is 1.40 bits per heavy atom. The average Bonchev–Trinajstić information content (AvgIpc) is 3.24. The second kappa shape index (κ2) is 5.96. The van der Waals surface area contributed by atoms with Crippen molar-refractivity contribution in [2.45, 2.75) is 37.1 Å². The summed E-state index contributed by atoms with van der Waals surface area (Å²) in [6, 6.07) is 5.15. The number of sulfonamides is 1. The van der Waals surface area contributed by atoms with Crippen LogP contribution < -0.4 is 0 Å². The largest absolute Gasteiger partial charge is 0.395 e. The number of hydrogen-bond acceptors (Lipinski definition) is 3. The Hall–Kier alpha value is -1.35. The molecule has 1 saturated carbocycles. The van der Waals surface area contributed by atoms with Crippen molar-refractivity contribution in [3.63, 3.8) is 0 Å². The zero-order valence-electron chi connectivity index (χ0n) is 11.8. The molecule has 1 N–H and O–H groups in total. The highest BCUT2D eigenvalue weighted by molar-refractivity contribution is 7.89. The second-order valence-electron chi connectivity index (χ2n) is 5.00. The molecule has 5 heteroatoms. The minimum atomic E-state index is -3.40. The lowest BCUT2D eigenvalue weighted by Crippen LogP contribution is -2.29. The molecule has 1 fully saturated rings. The Morgan fingerprint density at radius 2 is 2.10 bits per heavy atom. The zero-order valence-corrected chi connectivity index (χ0v) is 12.6. The summed E-state index contributed by atoms with van der Waals surface area (Å²) in [5, 5.41) is 8.70. The van der Waals surface area contributed by atoms with E-state index >= 15 is 0 Å². The maximum absolute atomic E-state index is 12.4. The second-order valence-corrected chi connectivity index (χ2v) is 7.00. The van der Waals surface area contributed by atoms with Crippen LogP contribution in [0.5, 0.6) is 0 Å². The predicted octanol–water partition coefficient (Wildman–Crippen LogP) is 1.51. The van der Waals surface area contributed by atoms with E-state index in [1.165, 1.54) is 4.31 Å². The molecule has 0 heterocycles. The van der Waals surface area contributed by atoms with E-state index in [4.69, 9.17) is 5.11 Å². The van der Waals surface area contributed by atoms with Gasteiger partial charge < -0.3 is 5.11 Å². The highest BCUT2D eigenvalue weighted by Crippen LogP contribution is 2.30. The van der Waals surface area contributed by atoms with E-state index in [1.54, 1.807) is 25.2 Å². The minimum absolute atomic E-state index is 0.0324. The number of hydrogen-bond donors (Lipinski definition) is 1. The first-order valence-electron chi connectivity index (χ1n) is 6.65. The van der Waals surface area contributed by atoms with Gasteiger partial charge >= 0.3 is 0 Å². The summed E-state index contributed by atoms with van der Waals surface area (Å²) >= 11 is 0. The molecule has 1 aromatic carbocycles. The molecule has 0 radical (unpaired) electrons. The molecule has 0 spiro atoms. The number of aliphatic hydroxyl groups excluding tert-OH is 1. The van der Waals surface area contributed by atoms with Crippen LogP contribution in [0, 0.1) is 18.8 Å². The molecule has 0 atom stereocenters. The van der Waals surface area contributed by atoms with Crippen molar-refractivity contribution in [3.8, 4) is 11.8 Å². The molecule has 0 saturated heterocycles. The Labute approximate surface area is 120 Å². The first kappa shape index (κ1) is 15.0. The quantitative estimate of drug-likeness (QED) is 0.856. The third-order valence-corrected chi connectivity index (χ3v) is 5.30. The Morgan fingerprint density at radius 3 is 2.65 bits per heavy atom. The predicted molar refractivity (Wildman–Crippen MR) is 77.7 cm³/mol. The summed E-state index contributed by atoms with van der Waals surface area (Å²) in [5.41, 5.74) is 1.63. The highest BCUT2D eigenvalue weighted by atomic mass is 32.2. The van der Waals surface area contributed by atoms with Crippen molar-refractivity contribution in [2.24, 2.45) is 0 Å². The van der Waals surface area contributed by atoms with Crippen LogP contribution in [0.1, 0.15) is 30.4 Å². The van der Waals surface area contributed by atoms with Gasteiger partial charge in [0.1, 0.15) is 0 Å². The van der Waals surface area contributed by atoms with Crippen molar-refractivity contribution in [2.75, 3.05) is 13.7 Å². The minimum Gasteiger partial charge on any atom is -0.395 e. The van der Waals surface area contributed by atoms with Gasteiger partial charge in [-0.15, -0.1) is 0 Å². The summed E-state index contributed by atoms with van der Waals surface area (Å²) in [5.74, 6) is 5.78. The smallest absolute Gasteiger partial charge is 0.243 e. The third-order valence-electron chi connectivity index (χ3n) is 3.40. The Bertz CT molecular complexity index is 651. The molecule has 0 aromatic heterocycles. The molecule has 20 heavy (non-hydrogen) atoms. The van der Waals surface area contributed by atoms with Crippen LogP contribution >= 0.6 is 0 Å². The molecule has 1 aliphatic carbocycles. The van der Waals surface area contributed by atoms with Gasteiger partial charge in [-0.3, -0.25) is 0 Å². The lowest BCUT2D eigenvalue weighted by molar-refractivity contribution is 0.305. The van der Waals surface area contributed by atoms with Gasteiger partial charge in [0.15, 0.2) is 0 Å². The lowest BCUT2D eigenvalue weighted by Gasteiger charge is -2.16. The van der Waals surface area contributed by atoms with Crippen LogP contribution in [0.3, 0.4) is 0 Å². The first-order chi connectivity index (χ1) is 9.46. The number of benzene rings is 1. The van der Waals surface area contributed by atoms with Crippen molar-refractivity contribution in [3.05, 3.63) is 29.3 Å². The van der Waals surface area contributed by atoms with Gasteiger partial charge in [0, 0.05) is 25.1 Å². The summed E-state index contributed by atoms with van der Waals surface area (Å²) in [6.45, 7) is 1.88. The molecule has 0 amide bonds. The normalized spacial score (nSPS) is 15.0. The van der Waals surface area contributed by atoms with Crippen molar-refractivity contribution in [1.29, 1.82) is 0 Å². The SMILES string of the molecule is Cc1cc(S(=O)(=O)N(C)C2CC2)ccc1C#CCCO. The summed E-state index contributed by atoms with van der Waals surface area (Å²) in [6.07, 6.45) is 2.31. The zero-order chi connectivity index (χ0) is 14.8. The first-order valence-corrected chi connectivity index (χ1v) is 8.09. The van der Waals surface area contributed by atoms with Crippen LogP contribution in [0.2, 0.25) is 0 Å². The van der Waals surface area contributed by atoms with Crippen LogP contribution in [0.4, 0.5) is 0 Å². The van der Waals surface area contributed by atoms with Crippen molar-refractivity contribution >= 4 is 10.0 Å². The molecular formula is C15H19NO3S. The third kappa shape index (κ3) is 3.21. The fraction of sp³-hybridized carbons (Fsp3) is 0.467. The highest BCUT2D eigenvalue weighted by Gasteiger charge is 2.35. The van der Waals surface area contributed by atoms with E-state index in [0.717, 1.165) is 24.0 Å². The molecule has 108 valence electrons.